The van der Waals surface area contributed by atoms with Gasteiger partial charge in [-0.05, 0) is 26.0 Å². The quantitative estimate of drug-likeness (QED) is 0.306. The van der Waals surface area contributed by atoms with Gasteiger partial charge in [-0.3, -0.25) is 14.4 Å². The minimum Gasteiger partial charge on any atom is -0.387 e. The van der Waals surface area contributed by atoms with E-state index in [1.54, 1.807) is 17.9 Å². The van der Waals surface area contributed by atoms with Gasteiger partial charge in [-0.2, -0.15) is 8.78 Å². The maximum Gasteiger partial charge on any atom is 0.293 e. The molecule has 12 nitrogen and oxygen atoms in total. The molecule has 42 heavy (non-hydrogen) atoms. The predicted octanol–water partition coefficient (Wildman–Crippen LogP) is 3.03. The lowest BCUT2D eigenvalue weighted by atomic mass is 10.1. The fourth-order valence-electron chi connectivity index (χ4n) is 4.09. The van der Waals surface area contributed by atoms with Crippen LogP contribution in [0.25, 0.3) is 0 Å². The topological polar surface area (TPSA) is 154 Å². The standard InChI is InChI=1S/C26H27ClF2N8O4S/c1-3-4-26(28,29)16-9-20(30-11-17(16)27)35-24(41)19-12-31-25(42-19)15(2)34-23(40)18-10-21(33-14-32-18)36-5-7-37(8-6-36)22(39)13-38/h3-4,9-12,14-15,38H,5-8,13H2,1-2H3,(H,34,40)(H,30,35,41)/b4-3+. The summed E-state index contributed by atoms with van der Waals surface area (Å²) in [5, 5.41) is 14.5. The first-order valence-corrected chi connectivity index (χ1v) is 13.9. The van der Waals surface area contributed by atoms with Gasteiger partial charge in [-0.15, -0.1) is 11.3 Å². The number of allylic oxidation sites excluding steroid dienone is 2. The maximum absolute atomic E-state index is 14.4. The number of aromatic nitrogens is 4. The Labute approximate surface area is 248 Å². The SMILES string of the molecule is C/C=C/C(F)(F)c1cc(NC(=O)c2cnc(C(C)NC(=O)c3cc(N4CCN(C(=O)CO)CC4)ncn3)s2)ncc1Cl. The molecular formula is C26H27ClF2N8O4S. The van der Waals surface area contributed by atoms with Gasteiger partial charge in [-0.25, -0.2) is 19.9 Å². The molecule has 0 radical (unpaired) electrons. The largest absolute Gasteiger partial charge is 0.387 e. The molecule has 1 saturated heterocycles. The minimum absolute atomic E-state index is 0.110. The van der Waals surface area contributed by atoms with Gasteiger partial charge in [0, 0.05) is 44.0 Å². The summed E-state index contributed by atoms with van der Waals surface area (Å²) in [6, 6.07) is 1.96. The minimum atomic E-state index is -3.35. The van der Waals surface area contributed by atoms with Gasteiger partial charge in [-0.1, -0.05) is 17.7 Å². The first-order valence-electron chi connectivity index (χ1n) is 12.7. The lowest BCUT2D eigenvalue weighted by Gasteiger charge is -2.35. The Bertz CT molecular complexity index is 1500. The van der Waals surface area contributed by atoms with Gasteiger partial charge in [0.15, 0.2) is 0 Å². The molecule has 3 amide bonds. The zero-order chi connectivity index (χ0) is 30.4. The van der Waals surface area contributed by atoms with E-state index in [1.807, 2.05) is 4.90 Å². The molecule has 0 bridgehead atoms. The lowest BCUT2D eigenvalue weighted by Crippen LogP contribution is -2.49. The third-order valence-electron chi connectivity index (χ3n) is 6.27. The smallest absolute Gasteiger partial charge is 0.293 e. The van der Waals surface area contributed by atoms with Gasteiger partial charge in [0.1, 0.15) is 40.1 Å². The van der Waals surface area contributed by atoms with E-state index in [0.717, 1.165) is 23.6 Å². The van der Waals surface area contributed by atoms with Crippen molar-refractivity contribution in [2.45, 2.75) is 25.8 Å². The number of amides is 3. The van der Waals surface area contributed by atoms with Crippen molar-refractivity contribution in [3.8, 4) is 0 Å². The van der Waals surface area contributed by atoms with Gasteiger partial charge in [0.25, 0.3) is 17.7 Å². The predicted molar refractivity (Wildman–Crippen MR) is 152 cm³/mol. The molecule has 0 aromatic carbocycles. The molecule has 3 aromatic heterocycles. The summed E-state index contributed by atoms with van der Waals surface area (Å²) in [5.74, 6) is -4.38. The number of nitrogens with zero attached hydrogens (tertiary/aromatic N) is 6. The second-order valence-electron chi connectivity index (χ2n) is 9.17. The van der Waals surface area contributed by atoms with E-state index in [2.05, 4.69) is 30.6 Å². The van der Waals surface area contributed by atoms with E-state index in [0.29, 0.717) is 43.1 Å². The van der Waals surface area contributed by atoms with Crippen molar-refractivity contribution >= 4 is 52.3 Å². The Morgan fingerprint density at radius 2 is 1.86 bits per heavy atom. The first-order chi connectivity index (χ1) is 20.0. The highest BCUT2D eigenvalue weighted by Crippen LogP contribution is 2.35. The number of aliphatic hydroxyl groups is 1. The number of aliphatic hydroxyl groups excluding tert-OH is 1. The van der Waals surface area contributed by atoms with Gasteiger partial charge >= 0.3 is 0 Å². The zero-order valence-electron chi connectivity index (χ0n) is 22.6. The normalized spacial score (nSPS) is 14.6. The average Bonchev–Trinajstić information content (AvgIpc) is 3.49. The maximum atomic E-state index is 14.4. The van der Waals surface area contributed by atoms with E-state index in [9.17, 15) is 23.2 Å². The summed E-state index contributed by atoms with van der Waals surface area (Å²) in [6.45, 7) is 4.40. The molecule has 4 rings (SSSR count). The number of hydrogen-bond donors (Lipinski definition) is 3. The number of rotatable bonds is 9. The number of thiazole rings is 1. The Hall–Kier alpha value is -4.08. The van der Waals surface area contributed by atoms with Crippen LogP contribution in [0.15, 0.2) is 43.0 Å². The number of carbonyl (C=O) groups is 3. The molecule has 222 valence electrons. The lowest BCUT2D eigenvalue weighted by molar-refractivity contribution is -0.134. The van der Waals surface area contributed by atoms with Crippen LogP contribution in [0.2, 0.25) is 5.02 Å². The molecular weight excluding hydrogens is 594 g/mol. The summed E-state index contributed by atoms with van der Waals surface area (Å²) >= 11 is 6.92. The molecule has 1 aliphatic rings. The monoisotopic (exact) mass is 620 g/mol. The van der Waals surface area contributed by atoms with E-state index in [1.165, 1.54) is 25.5 Å². The van der Waals surface area contributed by atoms with E-state index < -0.39 is 35.9 Å². The van der Waals surface area contributed by atoms with Crippen molar-refractivity contribution in [3.63, 3.8) is 0 Å². The van der Waals surface area contributed by atoms with Gasteiger partial charge in [0.2, 0.25) is 5.91 Å². The zero-order valence-corrected chi connectivity index (χ0v) is 24.1. The van der Waals surface area contributed by atoms with Crippen molar-refractivity contribution in [1.29, 1.82) is 0 Å². The van der Waals surface area contributed by atoms with Crippen LogP contribution in [0.3, 0.4) is 0 Å². The van der Waals surface area contributed by atoms with Crippen LogP contribution < -0.4 is 15.5 Å². The van der Waals surface area contributed by atoms with E-state index in [-0.39, 0.29) is 27.3 Å². The second-order valence-corrected chi connectivity index (χ2v) is 10.6. The average molecular weight is 621 g/mol. The number of piperazine rings is 1. The number of carbonyl (C=O) groups excluding carboxylic acids is 3. The highest BCUT2D eigenvalue weighted by Gasteiger charge is 2.31. The number of hydrogen-bond acceptors (Lipinski definition) is 10. The molecule has 1 unspecified atom stereocenters. The molecule has 1 atom stereocenters. The molecule has 0 aliphatic carbocycles. The summed E-state index contributed by atoms with van der Waals surface area (Å²) < 4.78 is 28.7. The van der Waals surface area contributed by atoms with Crippen LogP contribution in [0, 0.1) is 0 Å². The van der Waals surface area contributed by atoms with Crippen molar-refractivity contribution in [2.24, 2.45) is 0 Å². The number of anilines is 2. The number of nitrogens with one attached hydrogen (secondary N) is 2. The molecule has 1 fully saturated rings. The molecule has 0 saturated carbocycles. The van der Waals surface area contributed by atoms with Crippen LogP contribution in [-0.4, -0.2) is 80.4 Å². The van der Waals surface area contributed by atoms with Crippen LogP contribution in [0.5, 0.6) is 0 Å². The van der Waals surface area contributed by atoms with Gasteiger partial charge < -0.3 is 25.5 Å². The number of alkyl halides is 2. The Morgan fingerprint density at radius 3 is 2.55 bits per heavy atom. The Morgan fingerprint density at radius 1 is 1.12 bits per heavy atom. The second kappa shape index (κ2) is 13.3. The molecule has 3 N–H and O–H groups in total. The van der Waals surface area contributed by atoms with Crippen LogP contribution >= 0.6 is 22.9 Å². The molecule has 3 aromatic rings. The van der Waals surface area contributed by atoms with Crippen LogP contribution in [0.1, 0.15) is 50.6 Å². The van der Waals surface area contributed by atoms with Crippen LogP contribution in [0.4, 0.5) is 20.4 Å². The molecule has 1 aliphatic heterocycles. The number of halogens is 3. The van der Waals surface area contributed by atoms with Crippen molar-refractivity contribution in [3.05, 3.63) is 69.2 Å². The summed E-state index contributed by atoms with van der Waals surface area (Å²) in [5.41, 5.74) is -0.379. The van der Waals surface area contributed by atoms with E-state index in [4.69, 9.17) is 16.7 Å². The van der Waals surface area contributed by atoms with Gasteiger partial charge in [0.05, 0.1) is 17.3 Å². The van der Waals surface area contributed by atoms with Crippen molar-refractivity contribution in [2.75, 3.05) is 43.0 Å². The fourth-order valence-corrected chi connectivity index (χ4v) is 5.14. The Kier molecular flexibility index (Phi) is 9.75. The highest BCUT2D eigenvalue weighted by molar-refractivity contribution is 7.13. The third kappa shape index (κ3) is 7.21. The van der Waals surface area contributed by atoms with Crippen molar-refractivity contribution in [1.82, 2.24) is 30.2 Å². The number of pyridine rings is 1. The summed E-state index contributed by atoms with van der Waals surface area (Å²) in [6.07, 6.45) is 5.52. The van der Waals surface area contributed by atoms with E-state index >= 15 is 0 Å². The third-order valence-corrected chi connectivity index (χ3v) is 7.75. The highest BCUT2D eigenvalue weighted by atomic mass is 35.5. The summed E-state index contributed by atoms with van der Waals surface area (Å²) in [4.78, 5) is 57.4. The van der Waals surface area contributed by atoms with Crippen LogP contribution in [-0.2, 0) is 10.7 Å². The molecule has 0 spiro atoms. The first kappa shape index (κ1) is 30.9. The summed E-state index contributed by atoms with van der Waals surface area (Å²) in [7, 11) is 0. The molecule has 4 heterocycles. The Balaban J connectivity index is 1.38. The molecule has 16 heteroatoms. The fraction of sp³-hybridized carbons (Fsp3) is 0.346. The van der Waals surface area contributed by atoms with Crippen molar-refractivity contribution < 1.29 is 28.3 Å².